The van der Waals surface area contributed by atoms with Gasteiger partial charge in [0.2, 0.25) is 0 Å². The van der Waals surface area contributed by atoms with Crippen molar-refractivity contribution in [1.82, 2.24) is 4.90 Å². The second kappa shape index (κ2) is 15.2. The zero-order valence-electron chi connectivity index (χ0n) is 27.8. The van der Waals surface area contributed by atoms with Crippen LogP contribution in [0.3, 0.4) is 0 Å². The Kier molecular flexibility index (Phi) is 10.7. The number of hydrogen-bond donors (Lipinski definition) is 0. The second-order valence-electron chi connectivity index (χ2n) is 11.0. The number of methoxy groups -OCH3 is 4. The van der Waals surface area contributed by atoms with Crippen molar-refractivity contribution in [2.24, 2.45) is 4.99 Å². The van der Waals surface area contributed by atoms with Crippen LogP contribution in [0.2, 0.25) is 0 Å². The van der Waals surface area contributed by atoms with Gasteiger partial charge in [-0.25, -0.2) is 0 Å². The largest absolute Gasteiger partial charge is 0.497 e. The van der Waals surface area contributed by atoms with Crippen molar-refractivity contribution in [1.29, 1.82) is 0 Å². The average Bonchev–Trinajstić information content (AvgIpc) is 3.39. The van der Waals surface area contributed by atoms with Crippen molar-refractivity contribution < 1.29 is 28.5 Å². The molecule has 47 heavy (non-hydrogen) atoms. The molecule has 4 aromatic rings. The quantitative estimate of drug-likeness (QED) is 0.108. The normalized spacial score (nSPS) is 14.3. The van der Waals surface area contributed by atoms with E-state index in [-0.39, 0.29) is 17.7 Å². The fourth-order valence-corrected chi connectivity index (χ4v) is 5.32. The monoisotopic (exact) mass is 635 g/mol. The van der Waals surface area contributed by atoms with Crippen molar-refractivity contribution in [3.63, 3.8) is 0 Å². The third kappa shape index (κ3) is 7.52. The van der Waals surface area contributed by atoms with Crippen LogP contribution in [0.5, 0.6) is 23.0 Å². The van der Waals surface area contributed by atoms with Gasteiger partial charge >= 0.3 is 6.02 Å². The summed E-state index contributed by atoms with van der Waals surface area (Å²) in [7, 11) is 6.49. The second-order valence-corrected chi connectivity index (χ2v) is 11.0. The predicted molar refractivity (Wildman–Crippen MR) is 186 cm³/mol. The highest BCUT2D eigenvalue weighted by molar-refractivity contribution is 6.12. The Balaban J connectivity index is 1.47. The van der Waals surface area contributed by atoms with Crippen LogP contribution in [0.1, 0.15) is 37.3 Å². The minimum atomic E-state index is -0.229. The first kappa shape index (κ1) is 32.9. The number of hydrogen-bond acceptors (Lipinski definition) is 8. The van der Waals surface area contributed by atoms with Crippen LogP contribution in [0.25, 0.3) is 6.08 Å². The van der Waals surface area contributed by atoms with Gasteiger partial charge in [0, 0.05) is 29.7 Å². The van der Waals surface area contributed by atoms with E-state index in [2.05, 4.69) is 11.8 Å². The third-order valence-corrected chi connectivity index (χ3v) is 7.89. The first-order chi connectivity index (χ1) is 22.9. The molecular weight excluding hydrogens is 594 g/mol. The number of amides is 1. The van der Waals surface area contributed by atoms with Crippen LogP contribution in [-0.2, 0) is 9.53 Å². The highest BCUT2D eigenvalue weighted by Crippen LogP contribution is 2.38. The zero-order valence-corrected chi connectivity index (χ0v) is 27.8. The summed E-state index contributed by atoms with van der Waals surface area (Å²) >= 11 is 0. The Morgan fingerprint density at radius 2 is 1.30 bits per heavy atom. The molecular formula is C38H41N3O6. The number of aliphatic imine (C=N–C) groups is 1. The Bertz CT molecular complexity index is 1680. The topological polar surface area (TPSA) is 82.1 Å². The molecule has 4 aromatic carbocycles. The molecule has 0 atom stereocenters. The van der Waals surface area contributed by atoms with Crippen molar-refractivity contribution in [3.05, 3.63) is 102 Å². The van der Waals surface area contributed by atoms with Crippen LogP contribution in [0.4, 0.5) is 22.7 Å². The number of aryl methyl sites for hydroxylation is 1. The average molecular weight is 636 g/mol. The van der Waals surface area contributed by atoms with Crippen molar-refractivity contribution in [2.45, 2.75) is 33.1 Å². The van der Waals surface area contributed by atoms with E-state index >= 15 is 0 Å². The third-order valence-electron chi connectivity index (χ3n) is 7.89. The van der Waals surface area contributed by atoms with Gasteiger partial charge in [-0.3, -0.25) is 9.69 Å². The van der Waals surface area contributed by atoms with Crippen molar-refractivity contribution in [2.75, 3.05) is 39.9 Å². The van der Waals surface area contributed by atoms with E-state index in [0.29, 0.717) is 23.7 Å². The summed E-state index contributed by atoms with van der Waals surface area (Å²) in [4.78, 5) is 22.2. The van der Waals surface area contributed by atoms with Gasteiger partial charge in [-0.2, -0.15) is 4.99 Å². The van der Waals surface area contributed by atoms with Gasteiger partial charge < -0.3 is 28.6 Å². The molecule has 1 amide bonds. The maximum Gasteiger partial charge on any atom is 0.305 e. The number of ether oxygens (including phenoxy) is 5. The Labute approximate surface area is 276 Å². The summed E-state index contributed by atoms with van der Waals surface area (Å²) in [5, 5.41) is 0. The van der Waals surface area contributed by atoms with Gasteiger partial charge in [-0.15, -0.1) is 0 Å². The molecule has 0 radical (unpaired) electrons. The summed E-state index contributed by atoms with van der Waals surface area (Å²) in [6.07, 6.45) is 4.60. The molecule has 1 saturated heterocycles. The number of anilines is 3. The zero-order chi connectivity index (χ0) is 33.3. The van der Waals surface area contributed by atoms with Crippen LogP contribution in [0, 0.1) is 6.92 Å². The van der Waals surface area contributed by atoms with Gasteiger partial charge in [-0.1, -0.05) is 31.9 Å². The fraction of sp³-hybridized carbons (Fsp3) is 0.263. The maximum absolute atomic E-state index is 13.7. The molecule has 1 aliphatic rings. The van der Waals surface area contributed by atoms with Crippen LogP contribution >= 0.6 is 0 Å². The summed E-state index contributed by atoms with van der Waals surface area (Å²) < 4.78 is 27.9. The maximum atomic E-state index is 13.7. The lowest BCUT2D eigenvalue weighted by Crippen LogP contribution is -2.30. The van der Waals surface area contributed by atoms with Crippen LogP contribution in [0.15, 0.2) is 95.7 Å². The van der Waals surface area contributed by atoms with E-state index < -0.39 is 0 Å². The Hall–Kier alpha value is -5.44. The number of nitrogens with zero attached hydrogens (tertiary/aromatic N) is 3. The number of carbonyl (C=O) groups excluding carboxylic acids is 1. The summed E-state index contributed by atoms with van der Waals surface area (Å²) in [5.41, 5.74) is 5.10. The van der Waals surface area contributed by atoms with E-state index in [4.69, 9.17) is 28.7 Å². The van der Waals surface area contributed by atoms with E-state index in [1.54, 1.807) is 45.5 Å². The highest BCUT2D eigenvalue weighted by atomic mass is 16.5. The van der Waals surface area contributed by atoms with Gasteiger partial charge in [0.1, 0.15) is 28.7 Å². The predicted octanol–water partition coefficient (Wildman–Crippen LogP) is 8.58. The molecule has 0 unspecified atom stereocenters. The minimum Gasteiger partial charge on any atom is -0.497 e. The van der Waals surface area contributed by atoms with E-state index in [9.17, 15) is 4.79 Å². The smallest absolute Gasteiger partial charge is 0.305 e. The summed E-state index contributed by atoms with van der Waals surface area (Å²) in [6, 6.07) is 27.6. The van der Waals surface area contributed by atoms with Crippen LogP contribution < -0.4 is 23.8 Å². The molecule has 0 aromatic heterocycles. The molecule has 1 aliphatic heterocycles. The molecule has 1 heterocycles. The molecule has 9 heteroatoms. The molecule has 5 rings (SSSR count). The van der Waals surface area contributed by atoms with Gasteiger partial charge in [0.05, 0.1) is 28.4 Å². The molecule has 0 N–H and O–H groups in total. The molecule has 0 spiro atoms. The van der Waals surface area contributed by atoms with E-state index in [1.807, 2.05) is 85.8 Å². The molecule has 244 valence electrons. The molecule has 1 fully saturated rings. The summed E-state index contributed by atoms with van der Waals surface area (Å²) in [6.45, 7) is 4.54. The number of unbranched alkanes of at least 4 members (excludes halogenated alkanes) is 2. The lowest BCUT2D eigenvalue weighted by atomic mass is 10.1. The molecule has 9 nitrogen and oxygen atoms in total. The summed E-state index contributed by atoms with van der Waals surface area (Å²) in [5.74, 6) is 2.73. The minimum absolute atomic E-state index is 0.209. The molecule has 0 saturated carbocycles. The van der Waals surface area contributed by atoms with Gasteiger partial charge in [-0.05, 0) is 97.3 Å². The lowest BCUT2D eigenvalue weighted by molar-refractivity contribution is -0.122. The number of amidine groups is 1. The van der Waals surface area contributed by atoms with E-state index in [0.717, 1.165) is 59.0 Å². The molecule has 0 bridgehead atoms. The Morgan fingerprint density at radius 1 is 0.745 bits per heavy atom. The highest BCUT2D eigenvalue weighted by Gasteiger charge is 2.35. The SMILES string of the molecule is CCCCCN1C(=O)/C(=C\c2ccc(N(c3ccc(OC)cc3)c3ccc(OC)cc3)cc2)OC1=Nc1c(C)cc(OC)cc1OC. The molecule has 0 aliphatic carbocycles. The fourth-order valence-electron chi connectivity index (χ4n) is 5.32. The first-order valence-corrected chi connectivity index (χ1v) is 15.6. The van der Waals surface area contributed by atoms with E-state index in [1.165, 1.54) is 0 Å². The van der Waals surface area contributed by atoms with Crippen molar-refractivity contribution >= 4 is 40.8 Å². The van der Waals surface area contributed by atoms with Crippen molar-refractivity contribution in [3.8, 4) is 23.0 Å². The number of rotatable bonds is 13. The lowest BCUT2D eigenvalue weighted by Gasteiger charge is -2.26. The standard InChI is InChI=1S/C38H41N3O6/c1-7-8-9-22-40-37(42)35(47-38(40)39-36-26(2)23-33(45-5)25-34(36)46-6)24-27-10-12-28(13-11-27)41(29-14-18-31(43-3)19-15-29)30-16-20-32(44-4)21-17-30/h10-21,23-25H,7-9,22H2,1-6H3/b35-24+,39-38?. The number of benzene rings is 4. The Morgan fingerprint density at radius 3 is 1.81 bits per heavy atom. The number of carbonyl (C=O) groups is 1. The van der Waals surface area contributed by atoms with Crippen LogP contribution in [-0.4, -0.2) is 51.8 Å². The van der Waals surface area contributed by atoms with Gasteiger partial charge in [0.15, 0.2) is 5.76 Å². The van der Waals surface area contributed by atoms with Gasteiger partial charge in [0.25, 0.3) is 5.91 Å². The first-order valence-electron chi connectivity index (χ1n) is 15.6.